The van der Waals surface area contributed by atoms with Crippen LogP contribution in [0.5, 0.6) is 0 Å². The Labute approximate surface area is 173 Å². The highest BCUT2D eigenvalue weighted by Crippen LogP contribution is 2.35. The van der Waals surface area contributed by atoms with Crippen molar-refractivity contribution in [2.75, 3.05) is 17.7 Å². The summed E-state index contributed by atoms with van der Waals surface area (Å²) in [5.41, 5.74) is 4.14. The molecule has 0 aliphatic carbocycles. The lowest BCUT2D eigenvalue weighted by atomic mass is 9.94. The second-order valence-electron chi connectivity index (χ2n) is 6.98. The third-order valence-corrected chi connectivity index (χ3v) is 5.08. The van der Waals surface area contributed by atoms with E-state index >= 15 is 0 Å². The zero-order valence-electron chi connectivity index (χ0n) is 16.8. The molecule has 4 rings (SSSR count). The van der Waals surface area contributed by atoms with Gasteiger partial charge in [-0.15, -0.1) is 0 Å². The van der Waals surface area contributed by atoms with Crippen molar-refractivity contribution in [1.29, 1.82) is 0 Å². The lowest BCUT2D eigenvalue weighted by Gasteiger charge is -2.29. The minimum atomic E-state index is -0.500. The van der Waals surface area contributed by atoms with Gasteiger partial charge in [0.25, 0.3) is 5.91 Å². The number of hydrogen-bond acceptors (Lipinski definition) is 6. The van der Waals surface area contributed by atoms with Crippen LogP contribution in [-0.4, -0.2) is 33.8 Å². The average molecular weight is 403 g/mol. The Morgan fingerprint density at radius 3 is 2.53 bits per heavy atom. The van der Waals surface area contributed by atoms with Gasteiger partial charge in [0.15, 0.2) is 0 Å². The van der Waals surface area contributed by atoms with Crippen LogP contribution in [0, 0.1) is 6.92 Å². The zero-order valence-corrected chi connectivity index (χ0v) is 16.8. The smallest absolute Gasteiger partial charge is 0.337 e. The number of fused-ring (bicyclic) bond motifs is 1. The lowest BCUT2D eigenvalue weighted by Crippen LogP contribution is -2.31. The molecule has 2 aromatic carbocycles. The Kier molecular flexibility index (Phi) is 5.05. The van der Waals surface area contributed by atoms with E-state index in [1.165, 1.54) is 13.4 Å². The second kappa shape index (κ2) is 7.82. The van der Waals surface area contributed by atoms with Crippen molar-refractivity contribution in [3.63, 3.8) is 0 Å². The Morgan fingerprint density at radius 2 is 1.83 bits per heavy atom. The fourth-order valence-corrected chi connectivity index (χ4v) is 3.52. The van der Waals surface area contributed by atoms with Crippen molar-refractivity contribution >= 4 is 23.5 Å². The highest BCUT2D eigenvalue weighted by Gasteiger charge is 2.33. The van der Waals surface area contributed by atoms with Gasteiger partial charge in [0.2, 0.25) is 5.95 Å². The molecule has 0 spiro atoms. The molecule has 0 fully saturated rings. The fourth-order valence-electron chi connectivity index (χ4n) is 3.52. The summed E-state index contributed by atoms with van der Waals surface area (Å²) in [7, 11) is 1.34. The van der Waals surface area contributed by atoms with Gasteiger partial charge in [-0.25, -0.2) is 9.48 Å². The predicted octanol–water partition coefficient (Wildman–Crippen LogP) is 3.30. The monoisotopic (exact) mass is 403 g/mol. The normalized spacial score (nSPS) is 15.2. The van der Waals surface area contributed by atoms with Crippen LogP contribution >= 0.6 is 0 Å². The van der Waals surface area contributed by atoms with E-state index < -0.39 is 12.0 Å². The van der Waals surface area contributed by atoms with E-state index in [0.717, 1.165) is 16.8 Å². The van der Waals surface area contributed by atoms with E-state index in [2.05, 4.69) is 20.7 Å². The predicted molar refractivity (Wildman–Crippen MR) is 112 cm³/mol. The third-order valence-electron chi connectivity index (χ3n) is 5.08. The molecule has 2 N–H and O–H groups in total. The summed E-state index contributed by atoms with van der Waals surface area (Å²) in [4.78, 5) is 29.3. The van der Waals surface area contributed by atoms with Crippen LogP contribution in [0.4, 0.5) is 11.6 Å². The largest absolute Gasteiger partial charge is 0.465 e. The maximum Gasteiger partial charge on any atom is 0.337 e. The standard InChI is InChI=1S/C22H21N5O3/c1-13-6-4-5-7-17(13)26-20(28)18-14(2)25-22-23-12-24-27(22)19(18)15-8-10-16(11-9-15)21(29)30-3/h4-12,19H,1-3H3,(H,26,28)(H,23,24,25)/t19-/m0/s1. The molecule has 30 heavy (non-hydrogen) atoms. The topological polar surface area (TPSA) is 98.1 Å². The van der Waals surface area contributed by atoms with E-state index in [9.17, 15) is 9.59 Å². The number of rotatable bonds is 4. The summed E-state index contributed by atoms with van der Waals surface area (Å²) in [6.07, 6.45) is 1.44. The number of esters is 1. The molecule has 0 bridgehead atoms. The van der Waals surface area contributed by atoms with Crippen LogP contribution < -0.4 is 10.6 Å². The van der Waals surface area contributed by atoms with E-state index in [1.807, 2.05) is 38.1 Å². The first-order chi connectivity index (χ1) is 14.5. The Bertz CT molecular complexity index is 1150. The van der Waals surface area contributed by atoms with Crippen LogP contribution in [-0.2, 0) is 9.53 Å². The second-order valence-corrected chi connectivity index (χ2v) is 6.98. The zero-order chi connectivity index (χ0) is 21.3. The molecular weight excluding hydrogens is 382 g/mol. The molecule has 152 valence electrons. The number of allylic oxidation sites excluding steroid dienone is 1. The van der Waals surface area contributed by atoms with Gasteiger partial charge in [-0.1, -0.05) is 30.3 Å². The molecule has 8 heteroatoms. The molecular formula is C22H21N5O3. The fraction of sp³-hybridized carbons (Fsp3) is 0.182. The minimum absolute atomic E-state index is 0.238. The maximum atomic E-state index is 13.3. The summed E-state index contributed by atoms with van der Waals surface area (Å²) in [6.45, 7) is 3.77. The van der Waals surface area contributed by atoms with Crippen LogP contribution in [0.1, 0.15) is 34.5 Å². The van der Waals surface area contributed by atoms with Gasteiger partial charge in [-0.2, -0.15) is 10.1 Å². The highest BCUT2D eigenvalue weighted by molar-refractivity contribution is 6.06. The summed E-state index contributed by atoms with van der Waals surface area (Å²) in [6, 6.07) is 14.0. The van der Waals surface area contributed by atoms with Gasteiger partial charge in [-0.05, 0) is 43.2 Å². The summed E-state index contributed by atoms with van der Waals surface area (Å²) >= 11 is 0. The molecule has 0 radical (unpaired) electrons. The molecule has 1 atom stereocenters. The number of carbonyl (C=O) groups is 2. The van der Waals surface area contributed by atoms with Gasteiger partial charge >= 0.3 is 5.97 Å². The molecule has 0 saturated heterocycles. The van der Waals surface area contributed by atoms with E-state index in [1.54, 1.807) is 28.9 Å². The van der Waals surface area contributed by atoms with Gasteiger partial charge in [0.05, 0.1) is 18.2 Å². The first kappa shape index (κ1) is 19.4. The number of ether oxygens (including phenoxy) is 1. The lowest BCUT2D eigenvalue weighted by molar-refractivity contribution is -0.113. The molecule has 1 aliphatic heterocycles. The first-order valence-corrected chi connectivity index (χ1v) is 9.42. The minimum Gasteiger partial charge on any atom is -0.465 e. The highest BCUT2D eigenvalue weighted by atomic mass is 16.5. The number of methoxy groups -OCH3 is 1. The summed E-state index contributed by atoms with van der Waals surface area (Å²) in [5.74, 6) is -0.114. The van der Waals surface area contributed by atoms with Gasteiger partial charge in [0.1, 0.15) is 12.4 Å². The number of anilines is 2. The van der Waals surface area contributed by atoms with Crippen LogP contribution in [0.15, 0.2) is 66.1 Å². The molecule has 1 aromatic heterocycles. The van der Waals surface area contributed by atoms with Gasteiger partial charge in [-0.3, -0.25) is 4.79 Å². The van der Waals surface area contributed by atoms with Gasteiger partial charge in [0, 0.05) is 11.4 Å². The third kappa shape index (κ3) is 3.43. The number of aryl methyl sites for hydroxylation is 1. The SMILES string of the molecule is COC(=O)c1ccc([C@H]2C(C(=O)Nc3ccccc3C)=C(C)Nc3ncnn32)cc1. The molecule has 1 aliphatic rings. The van der Waals surface area contributed by atoms with Crippen LogP contribution in [0.25, 0.3) is 0 Å². The molecule has 2 heterocycles. The quantitative estimate of drug-likeness (QED) is 0.649. The van der Waals surface area contributed by atoms with E-state index in [0.29, 0.717) is 22.8 Å². The van der Waals surface area contributed by atoms with Crippen molar-refractivity contribution in [2.24, 2.45) is 0 Å². The van der Waals surface area contributed by atoms with E-state index in [-0.39, 0.29) is 5.91 Å². The van der Waals surface area contributed by atoms with Crippen LogP contribution in [0.3, 0.4) is 0 Å². The first-order valence-electron chi connectivity index (χ1n) is 9.42. The van der Waals surface area contributed by atoms with Crippen molar-refractivity contribution in [2.45, 2.75) is 19.9 Å². The average Bonchev–Trinajstić information content (AvgIpc) is 3.22. The molecule has 1 amide bonds. The number of hydrogen-bond donors (Lipinski definition) is 2. The Hall–Kier alpha value is -3.94. The number of aromatic nitrogens is 3. The Morgan fingerprint density at radius 1 is 1.10 bits per heavy atom. The van der Waals surface area contributed by atoms with Crippen LogP contribution in [0.2, 0.25) is 0 Å². The maximum absolute atomic E-state index is 13.3. The number of carbonyl (C=O) groups excluding carboxylic acids is 2. The molecule has 0 saturated carbocycles. The number of amides is 1. The van der Waals surface area contributed by atoms with Crippen molar-refractivity contribution in [1.82, 2.24) is 14.8 Å². The Balaban J connectivity index is 1.75. The number of nitrogens with zero attached hydrogens (tertiary/aromatic N) is 3. The van der Waals surface area contributed by atoms with Crippen molar-refractivity contribution in [3.05, 3.63) is 82.8 Å². The molecule has 3 aromatic rings. The van der Waals surface area contributed by atoms with Gasteiger partial charge < -0.3 is 15.4 Å². The molecule has 0 unspecified atom stereocenters. The van der Waals surface area contributed by atoms with Crippen molar-refractivity contribution in [3.8, 4) is 0 Å². The van der Waals surface area contributed by atoms with Crippen molar-refractivity contribution < 1.29 is 14.3 Å². The number of benzene rings is 2. The summed E-state index contributed by atoms with van der Waals surface area (Å²) in [5, 5.41) is 10.5. The number of nitrogens with one attached hydrogen (secondary N) is 2. The molecule has 8 nitrogen and oxygen atoms in total. The van der Waals surface area contributed by atoms with E-state index in [4.69, 9.17) is 4.74 Å². The number of para-hydroxylation sites is 1. The summed E-state index contributed by atoms with van der Waals surface area (Å²) < 4.78 is 6.43.